The van der Waals surface area contributed by atoms with Crippen molar-refractivity contribution < 1.29 is 9.53 Å². The van der Waals surface area contributed by atoms with E-state index in [0.717, 1.165) is 15.9 Å². The third-order valence-corrected chi connectivity index (χ3v) is 1.93. The summed E-state index contributed by atoms with van der Waals surface area (Å²) < 4.78 is 6.15. The standard InChI is InChI=1S/C8H10BrNO.CH3NO/c1-10-7-4-3-6(9)5-8(7)11-2;2-1-3/h3-5,10H,1-2H3;1H,(H2,2,3). The lowest BCUT2D eigenvalue weighted by Crippen LogP contribution is -1.92. The van der Waals surface area contributed by atoms with Gasteiger partial charge in [-0.2, -0.15) is 0 Å². The smallest absolute Gasteiger partial charge is 0.204 e. The maximum atomic E-state index is 8.58. The van der Waals surface area contributed by atoms with Crippen LogP contribution in [0.25, 0.3) is 0 Å². The van der Waals surface area contributed by atoms with Crippen molar-refractivity contribution >= 4 is 28.0 Å². The molecule has 0 unspecified atom stereocenters. The molecular formula is C9H13BrN2O2. The number of methoxy groups -OCH3 is 1. The van der Waals surface area contributed by atoms with Crippen molar-refractivity contribution in [1.29, 1.82) is 0 Å². The molecule has 78 valence electrons. The van der Waals surface area contributed by atoms with Crippen LogP contribution in [0.2, 0.25) is 0 Å². The first-order valence-electron chi connectivity index (χ1n) is 3.86. The highest BCUT2D eigenvalue weighted by molar-refractivity contribution is 9.10. The number of hydrogen-bond acceptors (Lipinski definition) is 3. The highest BCUT2D eigenvalue weighted by Crippen LogP contribution is 2.27. The summed E-state index contributed by atoms with van der Waals surface area (Å²) in [6.45, 7) is 0. The molecule has 1 rings (SSSR count). The Morgan fingerprint density at radius 3 is 2.57 bits per heavy atom. The molecule has 0 saturated carbocycles. The van der Waals surface area contributed by atoms with Gasteiger partial charge in [-0.25, -0.2) is 0 Å². The number of halogens is 1. The Labute approximate surface area is 91.6 Å². The van der Waals surface area contributed by atoms with Gasteiger partial charge in [-0.1, -0.05) is 15.9 Å². The second-order valence-electron chi connectivity index (χ2n) is 2.23. The molecule has 0 spiro atoms. The van der Waals surface area contributed by atoms with Crippen LogP contribution in [0.1, 0.15) is 0 Å². The molecule has 0 aliphatic carbocycles. The number of carbonyl (C=O) groups is 1. The SMILES string of the molecule is CNc1ccc(Br)cc1OC.NC=O. The van der Waals surface area contributed by atoms with Crippen LogP contribution in [-0.2, 0) is 4.79 Å². The first-order chi connectivity index (χ1) is 6.69. The molecule has 3 N–H and O–H groups in total. The van der Waals surface area contributed by atoms with Crippen molar-refractivity contribution in [2.24, 2.45) is 5.73 Å². The van der Waals surface area contributed by atoms with E-state index < -0.39 is 0 Å². The van der Waals surface area contributed by atoms with Crippen molar-refractivity contribution in [3.63, 3.8) is 0 Å². The zero-order valence-corrected chi connectivity index (χ0v) is 9.67. The second kappa shape index (κ2) is 7.20. The van der Waals surface area contributed by atoms with Crippen LogP contribution in [0.15, 0.2) is 22.7 Å². The molecule has 0 radical (unpaired) electrons. The van der Waals surface area contributed by atoms with E-state index in [-0.39, 0.29) is 6.41 Å². The zero-order chi connectivity index (χ0) is 11.0. The summed E-state index contributed by atoms with van der Waals surface area (Å²) in [4.78, 5) is 8.58. The fourth-order valence-electron chi connectivity index (χ4n) is 0.872. The highest BCUT2D eigenvalue weighted by atomic mass is 79.9. The van der Waals surface area contributed by atoms with Gasteiger partial charge in [0.05, 0.1) is 12.8 Å². The molecule has 0 aromatic heterocycles. The van der Waals surface area contributed by atoms with Crippen molar-refractivity contribution in [2.45, 2.75) is 0 Å². The van der Waals surface area contributed by atoms with Crippen LogP contribution in [0.4, 0.5) is 5.69 Å². The Kier molecular flexibility index (Phi) is 6.57. The molecule has 0 aliphatic rings. The lowest BCUT2D eigenvalue weighted by Gasteiger charge is -2.07. The number of hydrogen-bond donors (Lipinski definition) is 2. The van der Waals surface area contributed by atoms with E-state index in [4.69, 9.17) is 9.53 Å². The largest absolute Gasteiger partial charge is 0.495 e. The molecule has 0 bridgehead atoms. The Morgan fingerprint density at radius 2 is 2.14 bits per heavy atom. The van der Waals surface area contributed by atoms with E-state index >= 15 is 0 Å². The summed E-state index contributed by atoms with van der Waals surface area (Å²) in [5, 5.41) is 3.03. The van der Waals surface area contributed by atoms with E-state index in [1.54, 1.807) is 7.11 Å². The number of primary amides is 1. The van der Waals surface area contributed by atoms with E-state index in [0.29, 0.717) is 0 Å². The van der Waals surface area contributed by atoms with Crippen LogP contribution >= 0.6 is 15.9 Å². The molecule has 5 heteroatoms. The summed E-state index contributed by atoms with van der Waals surface area (Å²) in [6, 6.07) is 5.85. The van der Waals surface area contributed by atoms with Crippen molar-refractivity contribution in [3.8, 4) is 5.75 Å². The van der Waals surface area contributed by atoms with E-state index in [1.807, 2.05) is 25.2 Å². The summed E-state index contributed by atoms with van der Waals surface area (Å²) in [6.07, 6.45) is 0.250. The van der Waals surface area contributed by atoms with Gasteiger partial charge in [0.2, 0.25) is 6.41 Å². The van der Waals surface area contributed by atoms with Gasteiger partial charge in [0.1, 0.15) is 5.75 Å². The number of nitrogens with two attached hydrogens (primary N) is 1. The van der Waals surface area contributed by atoms with Gasteiger partial charge >= 0.3 is 0 Å². The first kappa shape index (κ1) is 12.8. The summed E-state index contributed by atoms with van der Waals surface area (Å²) in [5.41, 5.74) is 5.16. The molecule has 1 aromatic rings. The van der Waals surface area contributed by atoms with Crippen molar-refractivity contribution in [2.75, 3.05) is 19.5 Å². The number of carbonyl (C=O) groups excluding carboxylic acids is 1. The van der Waals surface area contributed by atoms with E-state index in [1.165, 1.54) is 0 Å². The molecule has 0 heterocycles. The minimum atomic E-state index is 0.250. The van der Waals surface area contributed by atoms with Crippen LogP contribution in [0, 0.1) is 0 Å². The summed E-state index contributed by atoms with van der Waals surface area (Å²) in [7, 11) is 3.52. The molecule has 0 fully saturated rings. The number of benzene rings is 1. The third kappa shape index (κ3) is 4.13. The molecular weight excluding hydrogens is 248 g/mol. The van der Waals surface area contributed by atoms with Gasteiger partial charge in [-0.15, -0.1) is 0 Å². The average molecular weight is 261 g/mol. The van der Waals surface area contributed by atoms with Gasteiger partial charge < -0.3 is 15.8 Å². The van der Waals surface area contributed by atoms with Crippen LogP contribution < -0.4 is 15.8 Å². The number of nitrogens with one attached hydrogen (secondary N) is 1. The van der Waals surface area contributed by atoms with Crippen molar-refractivity contribution in [3.05, 3.63) is 22.7 Å². The maximum absolute atomic E-state index is 8.58. The normalized spacial score (nSPS) is 8.21. The fourth-order valence-corrected chi connectivity index (χ4v) is 1.21. The van der Waals surface area contributed by atoms with Gasteiger partial charge in [0.25, 0.3) is 0 Å². The van der Waals surface area contributed by atoms with Gasteiger partial charge in [0, 0.05) is 11.5 Å². The Balaban J connectivity index is 0.000000500. The Morgan fingerprint density at radius 1 is 1.57 bits per heavy atom. The number of ether oxygens (including phenoxy) is 1. The fraction of sp³-hybridized carbons (Fsp3) is 0.222. The highest BCUT2D eigenvalue weighted by Gasteiger charge is 1.99. The first-order valence-corrected chi connectivity index (χ1v) is 4.65. The molecule has 0 atom stereocenters. The molecule has 4 nitrogen and oxygen atoms in total. The van der Waals surface area contributed by atoms with Gasteiger partial charge in [0.15, 0.2) is 0 Å². The van der Waals surface area contributed by atoms with Gasteiger partial charge in [-0.05, 0) is 18.2 Å². The minimum Gasteiger partial charge on any atom is -0.495 e. The van der Waals surface area contributed by atoms with Gasteiger partial charge in [-0.3, -0.25) is 4.79 Å². The topological polar surface area (TPSA) is 64.3 Å². The predicted octanol–water partition coefficient (Wildman–Crippen LogP) is 1.60. The van der Waals surface area contributed by atoms with E-state index in [2.05, 4.69) is 27.0 Å². The lowest BCUT2D eigenvalue weighted by molar-refractivity contribution is -0.106. The van der Waals surface area contributed by atoms with Crippen LogP contribution in [0.3, 0.4) is 0 Å². The Hall–Kier alpha value is -1.23. The average Bonchev–Trinajstić information content (AvgIpc) is 2.19. The van der Waals surface area contributed by atoms with Crippen LogP contribution in [0.5, 0.6) is 5.75 Å². The molecule has 0 saturated heterocycles. The Bertz CT molecular complexity index is 292. The molecule has 1 amide bonds. The predicted molar refractivity (Wildman–Crippen MR) is 60.5 cm³/mol. The maximum Gasteiger partial charge on any atom is 0.204 e. The second-order valence-corrected chi connectivity index (χ2v) is 3.15. The molecule has 0 aliphatic heterocycles. The molecule has 14 heavy (non-hydrogen) atoms. The van der Waals surface area contributed by atoms with Crippen molar-refractivity contribution in [1.82, 2.24) is 0 Å². The monoisotopic (exact) mass is 260 g/mol. The summed E-state index contributed by atoms with van der Waals surface area (Å²) in [5.74, 6) is 0.849. The third-order valence-electron chi connectivity index (χ3n) is 1.43. The minimum absolute atomic E-state index is 0.250. The zero-order valence-electron chi connectivity index (χ0n) is 8.08. The molecule has 1 aromatic carbocycles. The number of amides is 1. The lowest BCUT2D eigenvalue weighted by atomic mass is 10.3. The number of anilines is 1. The van der Waals surface area contributed by atoms with E-state index in [9.17, 15) is 0 Å². The van der Waals surface area contributed by atoms with Crippen LogP contribution in [-0.4, -0.2) is 20.6 Å². The number of rotatable bonds is 2. The quantitative estimate of drug-likeness (QED) is 0.795. The summed E-state index contributed by atoms with van der Waals surface area (Å²) >= 11 is 3.36.